The van der Waals surface area contributed by atoms with Crippen LogP contribution in [0.1, 0.15) is 47.5 Å². The smallest absolute Gasteiger partial charge is 0.333 e. The Balaban J connectivity index is 2.44. The maximum Gasteiger partial charge on any atom is 0.333 e. The van der Waals surface area contributed by atoms with Crippen LogP contribution in [0.4, 0.5) is 0 Å². The first kappa shape index (κ1) is 19.5. The Kier molecular flexibility index (Phi) is 6.50. The van der Waals surface area contributed by atoms with Gasteiger partial charge in [-0.25, -0.2) is 9.10 Å². The summed E-state index contributed by atoms with van der Waals surface area (Å²) in [6, 6.07) is 0.292. The Morgan fingerprint density at radius 1 is 1.41 bits per heavy atom. The molecule has 22 heavy (non-hydrogen) atoms. The second-order valence-electron chi connectivity index (χ2n) is 7.48. The minimum atomic E-state index is -0.719. The lowest BCUT2D eigenvalue weighted by molar-refractivity contribution is -0.141. The zero-order valence-corrected chi connectivity index (χ0v) is 15.2. The van der Waals surface area contributed by atoms with Gasteiger partial charge in [-0.15, -0.1) is 0 Å². The number of carbonyl (C=O) groups is 1. The molecule has 1 atom stereocenters. The SMILES string of the molecule is C=C(C)C(=O)OCC(O)CNC1CC(C)(C)N(S)C(C)(C)C1. The molecule has 0 spiro atoms. The maximum absolute atomic E-state index is 11.3. The van der Waals surface area contributed by atoms with Gasteiger partial charge in [0.15, 0.2) is 0 Å². The standard InChI is InChI=1S/C16H30N2O3S/c1-11(2)14(20)21-10-13(19)9-17-12-7-15(3,4)18(22)16(5,6)8-12/h12-13,17,19,22H,1,7-10H2,2-6H3. The molecule has 0 radical (unpaired) electrons. The molecule has 6 heteroatoms. The Morgan fingerprint density at radius 3 is 2.36 bits per heavy atom. The van der Waals surface area contributed by atoms with Crippen LogP contribution in [0.25, 0.3) is 0 Å². The van der Waals surface area contributed by atoms with Crippen molar-refractivity contribution in [3.63, 3.8) is 0 Å². The quantitative estimate of drug-likeness (QED) is 0.395. The van der Waals surface area contributed by atoms with Crippen molar-refractivity contribution in [1.29, 1.82) is 0 Å². The molecule has 0 aromatic heterocycles. The molecule has 128 valence electrons. The summed E-state index contributed by atoms with van der Waals surface area (Å²) in [6.07, 6.45) is 1.17. The van der Waals surface area contributed by atoms with E-state index < -0.39 is 12.1 Å². The summed E-state index contributed by atoms with van der Waals surface area (Å²) >= 11 is 4.64. The van der Waals surface area contributed by atoms with Crippen LogP contribution in [0.2, 0.25) is 0 Å². The van der Waals surface area contributed by atoms with E-state index in [1.165, 1.54) is 0 Å². The van der Waals surface area contributed by atoms with E-state index in [9.17, 15) is 9.90 Å². The number of rotatable bonds is 6. The summed E-state index contributed by atoms with van der Waals surface area (Å²) in [4.78, 5) is 11.3. The van der Waals surface area contributed by atoms with Gasteiger partial charge in [-0.1, -0.05) is 19.4 Å². The van der Waals surface area contributed by atoms with Crippen molar-refractivity contribution < 1.29 is 14.6 Å². The topological polar surface area (TPSA) is 61.8 Å². The Morgan fingerprint density at radius 2 is 1.91 bits per heavy atom. The highest BCUT2D eigenvalue weighted by Gasteiger charge is 2.43. The van der Waals surface area contributed by atoms with E-state index >= 15 is 0 Å². The highest BCUT2D eigenvalue weighted by molar-refractivity contribution is 7.77. The molecule has 1 heterocycles. The highest BCUT2D eigenvalue weighted by Crippen LogP contribution is 2.39. The van der Waals surface area contributed by atoms with Gasteiger partial charge in [0.25, 0.3) is 0 Å². The van der Waals surface area contributed by atoms with E-state index in [1.54, 1.807) is 6.92 Å². The van der Waals surface area contributed by atoms with Crippen molar-refractivity contribution in [2.24, 2.45) is 0 Å². The van der Waals surface area contributed by atoms with E-state index in [4.69, 9.17) is 4.74 Å². The second-order valence-corrected chi connectivity index (χ2v) is 7.88. The number of aliphatic hydroxyl groups excluding tert-OH is 1. The van der Waals surface area contributed by atoms with Gasteiger partial charge in [-0.3, -0.25) is 0 Å². The molecule has 0 bridgehead atoms. The van der Waals surface area contributed by atoms with Gasteiger partial charge >= 0.3 is 5.97 Å². The number of hydrogen-bond donors (Lipinski definition) is 3. The fourth-order valence-electron chi connectivity index (χ4n) is 3.07. The zero-order chi connectivity index (χ0) is 17.1. The van der Waals surface area contributed by atoms with E-state index in [2.05, 4.69) is 56.7 Å². The minimum Gasteiger partial charge on any atom is -0.460 e. The summed E-state index contributed by atoms with van der Waals surface area (Å²) in [5.41, 5.74) is 0.282. The molecule has 0 saturated carbocycles. The first-order valence-electron chi connectivity index (χ1n) is 7.69. The third kappa shape index (κ3) is 5.26. The van der Waals surface area contributed by atoms with E-state index in [-0.39, 0.29) is 17.7 Å². The van der Waals surface area contributed by atoms with E-state index in [0.717, 1.165) is 12.8 Å². The molecule has 0 amide bonds. The molecule has 1 unspecified atom stereocenters. The summed E-state index contributed by atoms with van der Waals surface area (Å²) in [6.45, 7) is 14.1. The van der Waals surface area contributed by atoms with Crippen LogP contribution in [0, 0.1) is 0 Å². The van der Waals surface area contributed by atoms with E-state index in [1.807, 2.05) is 0 Å². The van der Waals surface area contributed by atoms with Gasteiger partial charge in [0.05, 0.1) is 0 Å². The molecular formula is C16H30N2O3S. The van der Waals surface area contributed by atoms with Gasteiger partial charge in [0, 0.05) is 29.2 Å². The van der Waals surface area contributed by atoms with Crippen molar-refractivity contribution in [2.75, 3.05) is 13.2 Å². The first-order valence-corrected chi connectivity index (χ1v) is 8.09. The Bertz CT molecular complexity index is 406. The number of carbonyl (C=O) groups excluding carboxylic acids is 1. The molecule has 2 N–H and O–H groups in total. The average Bonchev–Trinajstić information content (AvgIpc) is 2.39. The fourth-order valence-corrected chi connectivity index (χ4v) is 3.23. The molecule has 1 aliphatic heterocycles. The molecule has 1 rings (SSSR count). The fraction of sp³-hybridized carbons (Fsp3) is 0.812. The predicted molar refractivity (Wildman–Crippen MR) is 91.8 cm³/mol. The zero-order valence-electron chi connectivity index (χ0n) is 14.3. The molecule has 0 aliphatic carbocycles. The lowest BCUT2D eigenvalue weighted by atomic mass is 9.79. The lowest BCUT2D eigenvalue weighted by Gasteiger charge is -2.52. The van der Waals surface area contributed by atoms with Crippen molar-refractivity contribution in [2.45, 2.75) is 70.7 Å². The van der Waals surface area contributed by atoms with Gasteiger partial charge in [-0.05, 0) is 47.5 Å². The number of esters is 1. The van der Waals surface area contributed by atoms with Gasteiger partial charge in [0.2, 0.25) is 0 Å². The third-order valence-corrected chi connectivity index (χ3v) is 5.12. The van der Waals surface area contributed by atoms with Crippen molar-refractivity contribution in [1.82, 2.24) is 9.62 Å². The molecule has 0 aromatic carbocycles. The summed E-state index contributed by atoms with van der Waals surface area (Å²) in [7, 11) is 0. The number of hydrogen-bond acceptors (Lipinski definition) is 6. The highest BCUT2D eigenvalue weighted by atomic mass is 32.1. The molecule has 0 aromatic rings. The van der Waals surface area contributed by atoms with Crippen LogP contribution in [0.15, 0.2) is 12.2 Å². The van der Waals surface area contributed by atoms with Crippen LogP contribution in [-0.4, -0.2) is 51.8 Å². The summed E-state index contributed by atoms with van der Waals surface area (Å²) < 4.78 is 7.07. The summed E-state index contributed by atoms with van der Waals surface area (Å²) in [5, 5.41) is 13.3. The average molecular weight is 330 g/mol. The number of piperidine rings is 1. The third-order valence-electron chi connectivity index (χ3n) is 4.04. The van der Waals surface area contributed by atoms with Gasteiger partial charge < -0.3 is 15.2 Å². The summed E-state index contributed by atoms with van der Waals surface area (Å²) in [5.74, 6) is -0.468. The maximum atomic E-state index is 11.3. The minimum absolute atomic E-state index is 0.0170. The van der Waals surface area contributed by atoms with Crippen LogP contribution in [0.5, 0.6) is 0 Å². The van der Waals surface area contributed by atoms with Crippen LogP contribution >= 0.6 is 12.8 Å². The largest absolute Gasteiger partial charge is 0.460 e. The molecular weight excluding hydrogens is 300 g/mol. The van der Waals surface area contributed by atoms with Gasteiger partial charge in [0.1, 0.15) is 12.7 Å². The monoisotopic (exact) mass is 330 g/mol. The van der Waals surface area contributed by atoms with Crippen molar-refractivity contribution >= 4 is 18.8 Å². The van der Waals surface area contributed by atoms with Crippen molar-refractivity contribution in [3.05, 3.63) is 12.2 Å². The first-order chi connectivity index (χ1) is 9.95. The van der Waals surface area contributed by atoms with Crippen molar-refractivity contribution in [3.8, 4) is 0 Å². The van der Waals surface area contributed by atoms with Crippen LogP contribution in [-0.2, 0) is 9.53 Å². The Labute approximate surface area is 139 Å². The van der Waals surface area contributed by atoms with E-state index in [0.29, 0.717) is 18.2 Å². The van der Waals surface area contributed by atoms with Crippen LogP contribution < -0.4 is 5.32 Å². The van der Waals surface area contributed by atoms with Crippen LogP contribution in [0.3, 0.4) is 0 Å². The normalized spacial score (nSPS) is 23.0. The number of aliphatic hydroxyl groups is 1. The number of nitrogens with one attached hydrogen (secondary N) is 1. The molecule has 1 saturated heterocycles. The van der Waals surface area contributed by atoms with Gasteiger partial charge in [-0.2, -0.15) is 0 Å². The Hall–Kier alpha value is -0.560. The lowest BCUT2D eigenvalue weighted by Crippen LogP contribution is -2.60. The number of ether oxygens (including phenoxy) is 1. The molecule has 1 fully saturated rings. The molecule has 5 nitrogen and oxygen atoms in total. The number of thiol groups is 1. The second kappa shape index (κ2) is 7.34. The predicted octanol–water partition coefficient (Wildman–Crippen LogP) is 1.92. The molecule has 1 aliphatic rings. The number of nitrogens with zero attached hydrogens (tertiary/aromatic N) is 1.